The number of hydrogen-bond acceptors (Lipinski definition) is 2. The van der Waals surface area contributed by atoms with Gasteiger partial charge in [-0.25, -0.2) is 4.98 Å². The van der Waals surface area contributed by atoms with E-state index < -0.39 is 0 Å². The van der Waals surface area contributed by atoms with Crippen LogP contribution in [-0.4, -0.2) is 16.2 Å². The number of para-hydroxylation sites is 2. The van der Waals surface area contributed by atoms with Gasteiger partial charge in [0, 0.05) is 6.54 Å². The Bertz CT molecular complexity index is 1300. The molecule has 5 rings (SSSR count). The van der Waals surface area contributed by atoms with Crippen LogP contribution in [0.2, 0.25) is 0 Å². The Morgan fingerprint density at radius 3 is 2.12 bits per heavy atom. The number of aryl methyl sites for hydroxylation is 2. The molecule has 0 aliphatic rings. The standard InChI is InChI=1S/C31H30N2O/c1-24-13-12-18-27(23-24)34-22-11-10-21-33-29-20-9-8-19-28(29)32-31(33)30(25-14-4-2-5-15-25)26-16-6-3-7-17-26/h2-9,12-20,23,30H,10-11,21-22H2,1H3. The summed E-state index contributed by atoms with van der Waals surface area (Å²) in [6, 6.07) is 38.1. The molecule has 0 aliphatic heterocycles. The number of hydrogen-bond donors (Lipinski definition) is 0. The molecule has 0 N–H and O–H groups in total. The van der Waals surface area contributed by atoms with Crippen molar-refractivity contribution >= 4 is 11.0 Å². The molecule has 170 valence electrons. The SMILES string of the molecule is Cc1cccc(OCCCCn2c(C(c3ccccc3)c3ccccc3)nc3ccccc32)c1. The molecule has 0 saturated heterocycles. The summed E-state index contributed by atoms with van der Waals surface area (Å²) in [5.41, 5.74) is 5.97. The molecule has 4 aromatic carbocycles. The summed E-state index contributed by atoms with van der Waals surface area (Å²) in [4.78, 5) is 5.15. The van der Waals surface area contributed by atoms with E-state index in [0.29, 0.717) is 6.61 Å². The van der Waals surface area contributed by atoms with Gasteiger partial charge in [0.2, 0.25) is 0 Å². The quantitative estimate of drug-likeness (QED) is 0.221. The first-order chi connectivity index (χ1) is 16.8. The molecule has 0 bridgehead atoms. The minimum absolute atomic E-state index is 0.0818. The predicted molar refractivity (Wildman–Crippen MR) is 139 cm³/mol. The van der Waals surface area contributed by atoms with Crippen LogP contribution < -0.4 is 4.74 Å². The molecule has 0 unspecified atom stereocenters. The largest absolute Gasteiger partial charge is 0.494 e. The van der Waals surface area contributed by atoms with Crippen LogP contribution in [0.15, 0.2) is 109 Å². The minimum Gasteiger partial charge on any atom is -0.494 e. The fourth-order valence-electron chi connectivity index (χ4n) is 4.60. The Morgan fingerprint density at radius 1 is 0.735 bits per heavy atom. The third-order valence-corrected chi connectivity index (χ3v) is 6.24. The van der Waals surface area contributed by atoms with Crippen molar-refractivity contribution in [2.45, 2.75) is 32.2 Å². The maximum absolute atomic E-state index is 5.99. The molecular formula is C31H30N2O. The van der Waals surface area contributed by atoms with Crippen molar-refractivity contribution in [2.24, 2.45) is 0 Å². The molecule has 3 nitrogen and oxygen atoms in total. The van der Waals surface area contributed by atoms with E-state index in [4.69, 9.17) is 9.72 Å². The monoisotopic (exact) mass is 446 g/mol. The van der Waals surface area contributed by atoms with E-state index in [1.807, 2.05) is 12.1 Å². The lowest BCUT2D eigenvalue weighted by Gasteiger charge is -2.20. The fraction of sp³-hybridized carbons (Fsp3) is 0.194. The maximum Gasteiger partial charge on any atom is 0.121 e. The van der Waals surface area contributed by atoms with Gasteiger partial charge in [-0.2, -0.15) is 0 Å². The molecule has 34 heavy (non-hydrogen) atoms. The smallest absolute Gasteiger partial charge is 0.121 e. The first kappa shape index (κ1) is 22.0. The van der Waals surface area contributed by atoms with Crippen LogP contribution in [0.3, 0.4) is 0 Å². The summed E-state index contributed by atoms with van der Waals surface area (Å²) >= 11 is 0. The zero-order chi connectivity index (χ0) is 23.2. The molecule has 0 atom stereocenters. The molecule has 0 spiro atoms. The van der Waals surface area contributed by atoms with Crippen molar-refractivity contribution in [3.63, 3.8) is 0 Å². The summed E-state index contributed by atoms with van der Waals surface area (Å²) in [6.45, 7) is 3.71. The molecule has 0 saturated carbocycles. The van der Waals surface area contributed by atoms with E-state index in [0.717, 1.165) is 36.5 Å². The number of unbranched alkanes of at least 4 members (excludes halogenated alkanes) is 1. The molecule has 5 aromatic rings. The summed E-state index contributed by atoms with van der Waals surface area (Å²) < 4.78 is 8.39. The first-order valence-electron chi connectivity index (χ1n) is 12.0. The molecule has 1 heterocycles. The predicted octanol–water partition coefficient (Wildman–Crippen LogP) is 7.38. The Balaban J connectivity index is 1.42. The average molecular weight is 447 g/mol. The highest BCUT2D eigenvalue weighted by molar-refractivity contribution is 5.76. The van der Waals surface area contributed by atoms with Crippen LogP contribution in [0, 0.1) is 6.92 Å². The topological polar surface area (TPSA) is 27.1 Å². The van der Waals surface area contributed by atoms with Crippen molar-refractivity contribution < 1.29 is 4.74 Å². The van der Waals surface area contributed by atoms with E-state index in [9.17, 15) is 0 Å². The number of benzene rings is 4. The Labute approximate surface area is 201 Å². The number of fused-ring (bicyclic) bond motifs is 1. The van der Waals surface area contributed by atoms with Crippen LogP contribution in [-0.2, 0) is 6.54 Å². The second kappa shape index (κ2) is 10.4. The van der Waals surface area contributed by atoms with Crippen LogP contribution >= 0.6 is 0 Å². The second-order valence-electron chi connectivity index (χ2n) is 8.74. The third kappa shape index (κ3) is 4.89. The summed E-state index contributed by atoms with van der Waals surface area (Å²) in [7, 11) is 0. The number of ether oxygens (including phenoxy) is 1. The molecule has 0 radical (unpaired) electrons. The first-order valence-corrected chi connectivity index (χ1v) is 12.0. The highest BCUT2D eigenvalue weighted by atomic mass is 16.5. The molecular weight excluding hydrogens is 416 g/mol. The molecule has 0 fully saturated rings. The van der Waals surface area contributed by atoms with E-state index in [1.165, 1.54) is 22.2 Å². The van der Waals surface area contributed by atoms with Crippen LogP contribution in [0.25, 0.3) is 11.0 Å². The maximum atomic E-state index is 5.99. The molecule has 1 aromatic heterocycles. The Morgan fingerprint density at radius 2 is 1.41 bits per heavy atom. The van der Waals surface area contributed by atoms with Gasteiger partial charge in [-0.05, 0) is 60.7 Å². The van der Waals surface area contributed by atoms with Crippen molar-refractivity contribution in [1.82, 2.24) is 9.55 Å². The normalized spacial score (nSPS) is 11.2. The summed E-state index contributed by atoms with van der Waals surface area (Å²) in [6.07, 6.45) is 2.01. The number of rotatable bonds is 9. The molecule has 0 amide bonds. The summed E-state index contributed by atoms with van der Waals surface area (Å²) in [5.74, 6) is 2.12. The van der Waals surface area contributed by atoms with Gasteiger partial charge in [0.05, 0.1) is 23.6 Å². The molecule has 0 aliphatic carbocycles. The van der Waals surface area contributed by atoms with E-state index in [2.05, 4.69) is 109 Å². The van der Waals surface area contributed by atoms with Gasteiger partial charge < -0.3 is 9.30 Å². The fourth-order valence-corrected chi connectivity index (χ4v) is 4.60. The zero-order valence-corrected chi connectivity index (χ0v) is 19.6. The lowest BCUT2D eigenvalue weighted by Crippen LogP contribution is -2.13. The van der Waals surface area contributed by atoms with Crippen LogP contribution in [0.5, 0.6) is 5.75 Å². The van der Waals surface area contributed by atoms with E-state index in [1.54, 1.807) is 0 Å². The van der Waals surface area contributed by atoms with Crippen molar-refractivity contribution in [3.05, 3.63) is 132 Å². The van der Waals surface area contributed by atoms with E-state index >= 15 is 0 Å². The minimum atomic E-state index is 0.0818. The third-order valence-electron chi connectivity index (χ3n) is 6.24. The van der Waals surface area contributed by atoms with Crippen molar-refractivity contribution in [2.75, 3.05) is 6.61 Å². The van der Waals surface area contributed by atoms with Gasteiger partial charge in [0.15, 0.2) is 0 Å². The van der Waals surface area contributed by atoms with Gasteiger partial charge in [-0.15, -0.1) is 0 Å². The Hall–Kier alpha value is -3.85. The zero-order valence-electron chi connectivity index (χ0n) is 19.6. The Kier molecular flexibility index (Phi) is 6.71. The van der Waals surface area contributed by atoms with Crippen LogP contribution in [0.4, 0.5) is 0 Å². The average Bonchev–Trinajstić information content (AvgIpc) is 3.23. The van der Waals surface area contributed by atoms with Gasteiger partial charge in [0.1, 0.15) is 11.6 Å². The van der Waals surface area contributed by atoms with Gasteiger partial charge in [-0.3, -0.25) is 0 Å². The van der Waals surface area contributed by atoms with Crippen molar-refractivity contribution in [1.29, 1.82) is 0 Å². The number of nitrogens with zero attached hydrogens (tertiary/aromatic N) is 2. The highest BCUT2D eigenvalue weighted by Crippen LogP contribution is 2.33. The number of imidazole rings is 1. The summed E-state index contributed by atoms with van der Waals surface area (Å²) in [5, 5.41) is 0. The van der Waals surface area contributed by atoms with Gasteiger partial charge >= 0.3 is 0 Å². The second-order valence-corrected chi connectivity index (χ2v) is 8.74. The van der Waals surface area contributed by atoms with Crippen molar-refractivity contribution in [3.8, 4) is 5.75 Å². The lowest BCUT2D eigenvalue weighted by atomic mass is 9.90. The molecule has 3 heteroatoms. The lowest BCUT2D eigenvalue weighted by molar-refractivity contribution is 0.303. The van der Waals surface area contributed by atoms with Gasteiger partial charge in [0.25, 0.3) is 0 Å². The van der Waals surface area contributed by atoms with E-state index in [-0.39, 0.29) is 5.92 Å². The van der Waals surface area contributed by atoms with Gasteiger partial charge in [-0.1, -0.05) is 84.9 Å². The number of aromatic nitrogens is 2. The van der Waals surface area contributed by atoms with Crippen LogP contribution in [0.1, 0.15) is 41.3 Å². The highest BCUT2D eigenvalue weighted by Gasteiger charge is 2.23.